The van der Waals surface area contributed by atoms with Gasteiger partial charge in [0.1, 0.15) is 0 Å². The van der Waals surface area contributed by atoms with E-state index in [0.717, 1.165) is 26.2 Å². The van der Waals surface area contributed by atoms with Crippen LogP contribution in [-0.4, -0.2) is 41.5 Å². The zero-order chi connectivity index (χ0) is 15.1. The fourth-order valence-electron chi connectivity index (χ4n) is 2.88. The number of carbonyl (C=O) groups excluding carboxylic acids is 1. The lowest BCUT2D eigenvalue weighted by atomic mass is 9.98. The molecule has 0 amide bonds. The number of thiophene rings is 1. The van der Waals surface area contributed by atoms with Crippen molar-refractivity contribution in [2.45, 2.75) is 38.9 Å². The van der Waals surface area contributed by atoms with Crippen LogP contribution < -0.4 is 0 Å². The molecule has 1 aliphatic heterocycles. The van der Waals surface area contributed by atoms with Gasteiger partial charge in [-0.15, -0.1) is 11.3 Å². The van der Waals surface area contributed by atoms with Crippen molar-refractivity contribution < 1.29 is 9.53 Å². The maximum Gasteiger partial charge on any atom is 0.178 e. The first-order valence-electron chi connectivity index (χ1n) is 6.49. The molecule has 6 heteroatoms. The fourth-order valence-corrected chi connectivity index (χ4v) is 5.73. The van der Waals surface area contributed by atoms with E-state index in [4.69, 9.17) is 4.74 Å². The predicted octanol–water partition coefficient (Wildman–Crippen LogP) is 4.35. The number of carbonyl (C=O) groups is 1. The van der Waals surface area contributed by atoms with Gasteiger partial charge >= 0.3 is 0 Å². The summed E-state index contributed by atoms with van der Waals surface area (Å²) in [6.45, 7) is 10.3. The third-order valence-electron chi connectivity index (χ3n) is 3.09. The van der Waals surface area contributed by atoms with Crippen molar-refractivity contribution in [1.82, 2.24) is 4.90 Å². The first-order valence-corrected chi connectivity index (χ1v) is 8.89. The second-order valence-corrected chi connectivity index (χ2v) is 10.2. The molecule has 0 radical (unpaired) electrons. The molecule has 3 nitrogen and oxygen atoms in total. The van der Waals surface area contributed by atoms with Gasteiger partial charge in [-0.1, -0.05) is 0 Å². The van der Waals surface area contributed by atoms with E-state index in [1.165, 1.54) is 11.3 Å². The van der Waals surface area contributed by atoms with Gasteiger partial charge in [0, 0.05) is 18.7 Å². The van der Waals surface area contributed by atoms with Gasteiger partial charge in [0.15, 0.2) is 5.78 Å². The topological polar surface area (TPSA) is 29.5 Å². The van der Waals surface area contributed by atoms with Gasteiger partial charge in [-0.3, -0.25) is 9.69 Å². The summed E-state index contributed by atoms with van der Waals surface area (Å²) in [4.78, 5) is 14.6. The zero-order valence-electron chi connectivity index (χ0n) is 12.1. The molecule has 0 N–H and O–H groups in total. The summed E-state index contributed by atoms with van der Waals surface area (Å²) < 4.78 is 7.90. The molecule has 0 aliphatic carbocycles. The molecule has 2 rings (SSSR count). The van der Waals surface area contributed by atoms with Crippen molar-refractivity contribution in [2.24, 2.45) is 0 Å². The number of nitrogens with zero attached hydrogens (tertiary/aromatic N) is 1. The van der Waals surface area contributed by atoms with E-state index in [1.54, 1.807) is 0 Å². The van der Waals surface area contributed by atoms with Crippen molar-refractivity contribution in [2.75, 3.05) is 19.6 Å². The van der Waals surface area contributed by atoms with Crippen molar-refractivity contribution in [3.05, 3.63) is 19.2 Å². The minimum Gasteiger partial charge on any atom is -0.367 e. The molecule has 1 saturated heterocycles. The van der Waals surface area contributed by atoms with Crippen molar-refractivity contribution >= 4 is 49.0 Å². The summed E-state index contributed by atoms with van der Waals surface area (Å²) >= 11 is 8.40. The van der Waals surface area contributed by atoms with Crippen molar-refractivity contribution in [3.8, 4) is 0 Å². The maximum absolute atomic E-state index is 12.4. The summed E-state index contributed by atoms with van der Waals surface area (Å²) in [7, 11) is 0. The lowest BCUT2D eigenvalue weighted by molar-refractivity contribution is -0.178. The zero-order valence-corrected chi connectivity index (χ0v) is 16.1. The third kappa shape index (κ3) is 4.13. The SMILES string of the molecule is CC1(C)CN(CC(=O)c2cc(Br)sc2Br)CC(C)(C)O1. The van der Waals surface area contributed by atoms with Gasteiger partial charge in [0.05, 0.1) is 25.3 Å². The van der Waals surface area contributed by atoms with E-state index >= 15 is 0 Å². The summed E-state index contributed by atoms with van der Waals surface area (Å²) in [5, 5.41) is 0. The summed E-state index contributed by atoms with van der Waals surface area (Å²) in [6, 6.07) is 1.88. The molecule has 0 spiro atoms. The summed E-state index contributed by atoms with van der Waals surface area (Å²) in [6.07, 6.45) is 0. The first kappa shape index (κ1) is 16.6. The molecule has 2 heterocycles. The second kappa shape index (κ2) is 5.80. The smallest absolute Gasteiger partial charge is 0.178 e. The quantitative estimate of drug-likeness (QED) is 0.675. The monoisotopic (exact) mass is 423 g/mol. The Morgan fingerprint density at radius 3 is 2.30 bits per heavy atom. The van der Waals surface area contributed by atoms with Gasteiger partial charge in [-0.2, -0.15) is 0 Å². The Bertz CT molecular complexity index is 509. The van der Waals surface area contributed by atoms with E-state index < -0.39 is 0 Å². The van der Waals surface area contributed by atoms with Crippen molar-refractivity contribution in [3.63, 3.8) is 0 Å². The Morgan fingerprint density at radius 2 is 1.85 bits per heavy atom. The molecule has 1 aromatic rings. The molecular weight excluding hydrogens is 406 g/mol. The lowest BCUT2D eigenvalue weighted by Gasteiger charge is -2.47. The van der Waals surface area contributed by atoms with Crippen LogP contribution in [-0.2, 0) is 4.74 Å². The number of hydrogen-bond acceptors (Lipinski definition) is 4. The Labute approximate surface area is 140 Å². The fraction of sp³-hybridized carbons (Fsp3) is 0.643. The van der Waals surface area contributed by atoms with Crippen LogP contribution >= 0.6 is 43.2 Å². The number of Topliss-reactive ketones (excluding diaryl/α,β-unsaturated/α-hetero) is 1. The van der Waals surface area contributed by atoms with Crippen LogP contribution in [0.2, 0.25) is 0 Å². The number of ether oxygens (including phenoxy) is 1. The highest BCUT2D eigenvalue weighted by atomic mass is 79.9. The van der Waals surface area contributed by atoms with Crippen LogP contribution in [0.5, 0.6) is 0 Å². The molecule has 1 aromatic heterocycles. The van der Waals surface area contributed by atoms with E-state index in [9.17, 15) is 4.79 Å². The normalized spacial score (nSPS) is 21.9. The first-order chi connectivity index (χ1) is 9.08. The molecule has 0 bridgehead atoms. The average Bonchev–Trinajstić information content (AvgIpc) is 2.52. The van der Waals surface area contributed by atoms with Crippen LogP contribution in [0.4, 0.5) is 0 Å². The highest BCUT2D eigenvalue weighted by Gasteiger charge is 2.38. The van der Waals surface area contributed by atoms with Crippen LogP contribution in [0.1, 0.15) is 38.1 Å². The molecular formula is C14H19Br2NO2S. The molecule has 1 aliphatic rings. The molecule has 20 heavy (non-hydrogen) atoms. The van der Waals surface area contributed by atoms with Gasteiger partial charge in [-0.05, 0) is 65.6 Å². The molecule has 0 atom stereocenters. The number of ketones is 1. The Morgan fingerprint density at radius 1 is 1.30 bits per heavy atom. The van der Waals surface area contributed by atoms with E-state index in [0.29, 0.717) is 6.54 Å². The highest BCUT2D eigenvalue weighted by Crippen LogP contribution is 2.33. The number of hydrogen-bond donors (Lipinski definition) is 0. The molecule has 0 saturated carbocycles. The number of halogens is 2. The Kier molecular flexibility index (Phi) is 4.82. The van der Waals surface area contributed by atoms with Gasteiger partial charge < -0.3 is 4.74 Å². The standard InChI is InChI=1S/C14H19Br2NO2S/c1-13(2)7-17(8-14(3,4)19-13)6-10(18)9-5-11(15)20-12(9)16/h5H,6-8H2,1-4H3. The second-order valence-electron chi connectivity index (χ2n) is 6.43. The van der Waals surface area contributed by atoms with Gasteiger partial charge in [-0.25, -0.2) is 0 Å². The van der Waals surface area contributed by atoms with E-state index in [-0.39, 0.29) is 17.0 Å². The lowest BCUT2D eigenvalue weighted by Crippen LogP contribution is -2.58. The summed E-state index contributed by atoms with van der Waals surface area (Å²) in [5.41, 5.74) is 0.298. The maximum atomic E-state index is 12.4. The van der Waals surface area contributed by atoms with Crippen LogP contribution in [0.15, 0.2) is 13.6 Å². The van der Waals surface area contributed by atoms with E-state index in [1.807, 2.05) is 6.07 Å². The largest absolute Gasteiger partial charge is 0.367 e. The van der Waals surface area contributed by atoms with Crippen LogP contribution in [0.25, 0.3) is 0 Å². The number of morpholine rings is 1. The molecule has 112 valence electrons. The van der Waals surface area contributed by atoms with E-state index in [2.05, 4.69) is 64.5 Å². The summed E-state index contributed by atoms with van der Waals surface area (Å²) in [5.74, 6) is 0.146. The Balaban J connectivity index is 2.09. The minimum atomic E-state index is -0.228. The van der Waals surface area contributed by atoms with Crippen LogP contribution in [0, 0.1) is 0 Å². The minimum absolute atomic E-state index is 0.146. The third-order valence-corrected chi connectivity index (χ3v) is 5.42. The van der Waals surface area contributed by atoms with Crippen LogP contribution in [0.3, 0.4) is 0 Å². The van der Waals surface area contributed by atoms with Gasteiger partial charge in [0.2, 0.25) is 0 Å². The Hall–Kier alpha value is 0.250. The average molecular weight is 425 g/mol. The van der Waals surface area contributed by atoms with Crippen molar-refractivity contribution in [1.29, 1.82) is 0 Å². The molecule has 1 fully saturated rings. The van der Waals surface area contributed by atoms with Gasteiger partial charge in [0.25, 0.3) is 0 Å². The molecule has 0 aromatic carbocycles. The predicted molar refractivity (Wildman–Crippen MR) is 89.7 cm³/mol. The molecule has 0 unspecified atom stereocenters. The highest BCUT2D eigenvalue weighted by molar-refractivity contribution is 9.12. The number of rotatable bonds is 3.